The van der Waals surface area contributed by atoms with Crippen LogP contribution in [0.15, 0.2) is 24.4 Å². The maximum atomic E-state index is 5.98. The average molecular weight is 314 g/mol. The number of aromatic nitrogens is 2. The normalized spacial score (nSPS) is 23.0. The zero-order valence-electron chi connectivity index (χ0n) is 13.9. The summed E-state index contributed by atoms with van der Waals surface area (Å²) in [5.41, 5.74) is 2.48. The van der Waals surface area contributed by atoms with Crippen molar-refractivity contribution in [2.75, 3.05) is 39.8 Å². The lowest BCUT2D eigenvalue weighted by atomic mass is 10.1. The van der Waals surface area contributed by atoms with Gasteiger partial charge in [0, 0.05) is 38.1 Å². The van der Waals surface area contributed by atoms with E-state index in [0.717, 1.165) is 44.2 Å². The van der Waals surface area contributed by atoms with Crippen molar-refractivity contribution in [2.24, 2.45) is 5.92 Å². The lowest BCUT2D eigenvalue weighted by Gasteiger charge is -2.34. The third-order valence-electron chi connectivity index (χ3n) is 4.93. The third kappa shape index (κ3) is 3.91. The van der Waals surface area contributed by atoms with Gasteiger partial charge in [-0.1, -0.05) is 12.1 Å². The summed E-state index contributed by atoms with van der Waals surface area (Å²) >= 11 is 0. The highest BCUT2D eigenvalue weighted by Gasteiger charge is 2.27. The Morgan fingerprint density at radius 3 is 3.09 bits per heavy atom. The molecule has 1 saturated heterocycles. The summed E-state index contributed by atoms with van der Waals surface area (Å²) in [6, 6.07) is 6.62. The number of rotatable bonds is 6. The Hall–Kier alpha value is -1.43. The molecular weight excluding hydrogens is 288 g/mol. The Morgan fingerprint density at radius 1 is 1.35 bits per heavy atom. The molecule has 0 bridgehead atoms. The van der Waals surface area contributed by atoms with Crippen molar-refractivity contribution in [3.05, 3.63) is 30.0 Å². The van der Waals surface area contributed by atoms with Crippen LogP contribution in [0.5, 0.6) is 0 Å². The molecule has 0 unspecified atom stereocenters. The first-order chi connectivity index (χ1) is 11.3. The predicted molar refractivity (Wildman–Crippen MR) is 91.3 cm³/mol. The van der Waals surface area contributed by atoms with E-state index in [2.05, 4.69) is 45.2 Å². The second kappa shape index (κ2) is 6.59. The van der Waals surface area contributed by atoms with Crippen LogP contribution in [0.2, 0.25) is 0 Å². The second-order valence-electron chi connectivity index (χ2n) is 7.18. The van der Waals surface area contributed by atoms with Crippen molar-refractivity contribution in [2.45, 2.75) is 25.5 Å². The first kappa shape index (κ1) is 15.1. The molecular formula is C18H26N4O. The van der Waals surface area contributed by atoms with Crippen LogP contribution in [0.4, 0.5) is 0 Å². The first-order valence-corrected chi connectivity index (χ1v) is 8.71. The molecule has 4 rings (SSSR count). The quantitative estimate of drug-likeness (QED) is 0.887. The van der Waals surface area contributed by atoms with Gasteiger partial charge in [-0.3, -0.25) is 10.00 Å². The van der Waals surface area contributed by atoms with Crippen molar-refractivity contribution in [1.29, 1.82) is 0 Å². The molecule has 0 amide bonds. The van der Waals surface area contributed by atoms with E-state index in [0.29, 0.717) is 6.10 Å². The van der Waals surface area contributed by atoms with Gasteiger partial charge >= 0.3 is 0 Å². The van der Waals surface area contributed by atoms with Crippen LogP contribution in [-0.2, 0) is 11.3 Å². The summed E-state index contributed by atoms with van der Waals surface area (Å²) < 4.78 is 5.98. The number of nitrogens with zero attached hydrogens (tertiary/aromatic N) is 3. The zero-order valence-corrected chi connectivity index (χ0v) is 13.9. The highest BCUT2D eigenvalue weighted by atomic mass is 16.5. The van der Waals surface area contributed by atoms with Crippen LogP contribution < -0.4 is 0 Å². The van der Waals surface area contributed by atoms with Gasteiger partial charge in [0.2, 0.25) is 0 Å². The molecule has 2 heterocycles. The molecule has 1 aliphatic heterocycles. The molecule has 2 fully saturated rings. The largest absolute Gasteiger partial charge is 0.374 e. The fourth-order valence-electron chi connectivity index (χ4n) is 3.48. The van der Waals surface area contributed by atoms with Gasteiger partial charge in [0.25, 0.3) is 0 Å². The van der Waals surface area contributed by atoms with Crippen LogP contribution in [0.1, 0.15) is 18.4 Å². The minimum Gasteiger partial charge on any atom is -0.374 e. The monoisotopic (exact) mass is 314 g/mol. The number of H-pyrrole nitrogens is 1. The maximum absolute atomic E-state index is 5.98. The molecule has 2 aromatic rings. The summed E-state index contributed by atoms with van der Waals surface area (Å²) in [6.45, 7) is 6.18. The van der Waals surface area contributed by atoms with Crippen LogP contribution in [0.25, 0.3) is 10.9 Å². The zero-order chi connectivity index (χ0) is 15.6. The molecule has 124 valence electrons. The molecule has 0 spiro atoms. The second-order valence-corrected chi connectivity index (χ2v) is 7.18. The van der Waals surface area contributed by atoms with E-state index in [1.54, 1.807) is 0 Å². The van der Waals surface area contributed by atoms with Gasteiger partial charge in [-0.05, 0) is 37.4 Å². The van der Waals surface area contributed by atoms with Gasteiger partial charge in [-0.15, -0.1) is 0 Å². The maximum Gasteiger partial charge on any atom is 0.0829 e. The Kier molecular flexibility index (Phi) is 4.33. The summed E-state index contributed by atoms with van der Waals surface area (Å²) in [7, 11) is 2.19. The topological polar surface area (TPSA) is 44.4 Å². The van der Waals surface area contributed by atoms with Crippen LogP contribution in [-0.4, -0.2) is 65.9 Å². The minimum atomic E-state index is 0.336. The molecule has 1 aromatic heterocycles. The Morgan fingerprint density at radius 2 is 2.26 bits per heavy atom. The van der Waals surface area contributed by atoms with Crippen molar-refractivity contribution < 1.29 is 4.74 Å². The number of hydrogen-bond acceptors (Lipinski definition) is 4. The third-order valence-corrected chi connectivity index (χ3v) is 4.93. The number of fused-ring (bicyclic) bond motifs is 1. The number of aromatic amines is 1. The predicted octanol–water partition coefficient (Wildman–Crippen LogP) is 2.11. The Bertz CT molecular complexity index is 651. The van der Waals surface area contributed by atoms with E-state index in [-0.39, 0.29) is 0 Å². The number of morpholine rings is 1. The van der Waals surface area contributed by atoms with Crippen molar-refractivity contribution in [1.82, 2.24) is 20.0 Å². The number of nitrogens with one attached hydrogen (secondary N) is 1. The Balaban J connectivity index is 1.43. The SMILES string of the molecule is CN1CCO[C@H](CN(Cc2ccc3cn[nH]c3c2)CC2CC2)C1. The van der Waals surface area contributed by atoms with Crippen LogP contribution in [0, 0.1) is 5.92 Å². The number of hydrogen-bond donors (Lipinski definition) is 1. The highest BCUT2D eigenvalue weighted by molar-refractivity contribution is 5.78. The van der Waals surface area contributed by atoms with Gasteiger partial charge < -0.3 is 9.64 Å². The molecule has 1 saturated carbocycles. The molecule has 0 radical (unpaired) electrons. The average Bonchev–Trinajstić information content (AvgIpc) is 3.22. The van der Waals surface area contributed by atoms with Crippen LogP contribution in [0.3, 0.4) is 0 Å². The van der Waals surface area contributed by atoms with E-state index < -0.39 is 0 Å². The first-order valence-electron chi connectivity index (χ1n) is 8.71. The van der Waals surface area contributed by atoms with Gasteiger partial charge in [0.1, 0.15) is 0 Å². The van der Waals surface area contributed by atoms with E-state index in [1.165, 1.54) is 30.3 Å². The number of ether oxygens (including phenoxy) is 1. The van der Waals surface area contributed by atoms with E-state index in [9.17, 15) is 0 Å². The molecule has 1 N–H and O–H groups in total. The number of likely N-dealkylation sites (N-methyl/N-ethyl adjacent to an activating group) is 1. The Labute approximate surface area is 137 Å². The van der Waals surface area contributed by atoms with Crippen molar-refractivity contribution in [3.8, 4) is 0 Å². The van der Waals surface area contributed by atoms with Gasteiger partial charge in [-0.2, -0.15) is 5.10 Å². The molecule has 5 heteroatoms. The molecule has 1 aliphatic carbocycles. The summed E-state index contributed by atoms with van der Waals surface area (Å²) in [4.78, 5) is 4.96. The van der Waals surface area contributed by atoms with Crippen molar-refractivity contribution in [3.63, 3.8) is 0 Å². The van der Waals surface area contributed by atoms with E-state index in [4.69, 9.17) is 4.74 Å². The standard InChI is InChI=1S/C18H26N4O/c1-21-6-7-23-17(12-21)13-22(10-14-2-3-14)11-15-4-5-16-9-19-20-18(16)8-15/h4-5,8-9,14,17H,2-3,6-7,10-13H2,1H3,(H,19,20)/t17-/m0/s1. The van der Waals surface area contributed by atoms with E-state index >= 15 is 0 Å². The van der Waals surface area contributed by atoms with Gasteiger partial charge in [0.05, 0.1) is 24.4 Å². The minimum absolute atomic E-state index is 0.336. The van der Waals surface area contributed by atoms with Gasteiger partial charge in [-0.25, -0.2) is 0 Å². The molecule has 5 nitrogen and oxygen atoms in total. The summed E-state index contributed by atoms with van der Waals surface area (Å²) in [5.74, 6) is 0.896. The fourth-order valence-corrected chi connectivity index (χ4v) is 3.48. The smallest absolute Gasteiger partial charge is 0.0829 e. The van der Waals surface area contributed by atoms with Crippen LogP contribution >= 0.6 is 0 Å². The molecule has 1 atom stereocenters. The van der Waals surface area contributed by atoms with Crippen molar-refractivity contribution >= 4 is 10.9 Å². The van der Waals surface area contributed by atoms with E-state index in [1.807, 2.05) is 6.20 Å². The molecule has 2 aliphatic rings. The molecule has 23 heavy (non-hydrogen) atoms. The number of benzene rings is 1. The summed E-state index contributed by atoms with van der Waals surface area (Å²) in [5, 5.41) is 8.37. The fraction of sp³-hybridized carbons (Fsp3) is 0.611. The van der Waals surface area contributed by atoms with Gasteiger partial charge in [0.15, 0.2) is 0 Å². The lowest BCUT2D eigenvalue weighted by Crippen LogP contribution is -2.46. The molecule has 1 aromatic carbocycles. The highest BCUT2D eigenvalue weighted by Crippen LogP contribution is 2.30. The lowest BCUT2D eigenvalue weighted by molar-refractivity contribution is -0.0372. The summed E-state index contributed by atoms with van der Waals surface area (Å²) in [6.07, 6.45) is 5.00.